The highest BCUT2D eigenvalue weighted by Crippen LogP contribution is 2.35. The molecule has 7 heteroatoms. The van der Waals surface area contributed by atoms with Crippen LogP contribution < -0.4 is 15.1 Å². The summed E-state index contributed by atoms with van der Waals surface area (Å²) < 4.78 is 11.1. The molecule has 2 aromatic carbocycles. The molecule has 0 spiro atoms. The van der Waals surface area contributed by atoms with Crippen molar-refractivity contribution in [2.45, 2.75) is 6.92 Å². The van der Waals surface area contributed by atoms with Crippen LogP contribution in [0.3, 0.4) is 0 Å². The van der Waals surface area contributed by atoms with Gasteiger partial charge in [-0.2, -0.15) is 0 Å². The van der Waals surface area contributed by atoms with E-state index < -0.39 is 5.97 Å². The minimum Gasteiger partial charge on any atom is -0.496 e. The van der Waals surface area contributed by atoms with Crippen molar-refractivity contribution in [3.05, 3.63) is 57.7 Å². The smallest absolute Gasteiger partial charge is 0.352 e. The number of halogens is 1. The third-order valence-electron chi connectivity index (χ3n) is 3.40. The number of benzene rings is 2. The predicted molar refractivity (Wildman–Crippen MR) is 91.9 cm³/mol. The number of methoxy groups -OCH3 is 1. The van der Waals surface area contributed by atoms with E-state index in [-0.39, 0.29) is 22.5 Å². The van der Waals surface area contributed by atoms with E-state index in [1.54, 1.807) is 30.3 Å². The summed E-state index contributed by atoms with van der Waals surface area (Å²) in [5.74, 6) is 0.342. The van der Waals surface area contributed by atoms with Crippen LogP contribution in [0.15, 0.2) is 51.7 Å². The van der Waals surface area contributed by atoms with Gasteiger partial charge in [-0.05, 0) is 24.3 Å². The zero-order valence-electron chi connectivity index (χ0n) is 13.4. The van der Waals surface area contributed by atoms with Crippen LogP contribution in [0.4, 0.5) is 0 Å². The number of ether oxygens (including phenoxy) is 1. The number of rotatable bonds is 4. The molecule has 1 heterocycles. The average Bonchev–Trinajstić information content (AvgIpc) is 2.60. The van der Waals surface area contributed by atoms with Crippen molar-refractivity contribution in [2.24, 2.45) is 0 Å². The van der Waals surface area contributed by atoms with Crippen LogP contribution in [0.2, 0.25) is 5.02 Å². The molecule has 0 atom stereocenters. The predicted octanol–water partition coefficient (Wildman–Crippen LogP) is 3.98. The zero-order valence-corrected chi connectivity index (χ0v) is 14.1. The summed E-state index contributed by atoms with van der Waals surface area (Å²) in [5.41, 5.74) is 0.484. The van der Waals surface area contributed by atoms with E-state index in [2.05, 4.69) is 4.89 Å². The molecule has 0 aliphatic carbocycles. The fourth-order valence-electron chi connectivity index (χ4n) is 2.31. The van der Waals surface area contributed by atoms with Crippen LogP contribution in [0.5, 0.6) is 11.5 Å². The lowest BCUT2D eigenvalue weighted by atomic mass is 10.1. The first-order valence-corrected chi connectivity index (χ1v) is 7.63. The van der Waals surface area contributed by atoms with Gasteiger partial charge in [0.25, 0.3) is 0 Å². The van der Waals surface area contributed by atoms with Crippen molar-refractivity contribution < 1.29 is 23.7 Å². The molecule has 0 aliphatic heterocycles. The van der Waals surface area contributed by atoms with E-state index in [1.807, 2.05) is 0 Å². The van der Waals surface area contributed by atoms with Gasteiger partial charge >= 0.3 is 5.97 Å². The van der Waals surface area contributed by atoms with Gasteiger partial charge < -0.3 is 9.15 Å². The number of fused-ring (bicyclic) bond motifs is 1. The fourth-order valence-corrected chi connectivity index (χ4v) is 2.53. The molecular weight excluding hydrogens is 348 g/mol. The maximum absolute atomic E-state index is 12.4. The molecule has 0 radical (unpaired) electrons. The van der Waals surface area contributed by atoms with Crippen molar-refractivity contribution in [2.75, 3.05) is 7.11 Å². The van der Waals surface area contributed by atoms with Gasteiger partial charge in [-0.1, -0.05) is 17.7 Å². The Kier molecular flexibility index (Phi) is 4.63. The van der Waals surface area contributed by atoms with Gasteiger partial charge in [-0.15, -0.1) is 0 Å². The molecule has 0 unspecified atom stereocenters. The zero-order chi connectivity index (χ0) is 18.0. The molecule has 0 amide bonds. The van der Waals surface area contributed by atoms with Crippen molar-refractivity contribution in [1.29, 1.82) is 0 Å². The second-order valence-electron chi connectivity index (χ2n) is 5.11. The summed E-state index contributed by atoms with van der Waals surface area (Å²) in [7, 11) is 1.48. The number of para-hydroxylation sites is 1. The fraction of sp³-hybridized carbons (Fsp3) is 0.111. The largest absolute Gasteiger partial charge is 0.496 e. The summed E-state index contributed by atoms with van der Waals surface area (Å²) in [5, 5.41) is 0.699. The Morgan fingerprint density at radius 2 is 1.96 bits per heavy atom. The van der Waals surface area contributed by atoms with Gasteiger partial charge in [0, 0.05) is 19.1 Å². The first-order chi connectivity index (χ1) is 12.0. The number of carbonyl (C=O) groups is 1. The monoisotopic (exact) mass is 360 g/mol. The van der Waals surface area contributed by atoms with E-state index in [0.29, 0.717) is 21.7 Å². The average molecular weight is 361 g/mol. The van der Waals surface area contributed by atoms with E-state index in [1.165, 1.54) is 26.2 Å². The van der Waals surface area contributed by atoms with Crippen molar-refractivity contribution in [3.8, 4) is 22.8 Å². The summed E-state index contributed by atoms with van der Waals surface area (Å²) in [6.45, 7) is 1.22. The standard InChI is InChI=1S/C18H13ClO6/c1-10(20)24-25-11-6-7-16(22-2)13(8-11)17-9-15(21)12-4-3-5-14(19)18(12)23-17/h3-9H,1-2H3. The molecular formula is C18H13ClO6. The third kappa shape index (κ3) is 3.44. The van der Waals surface area contributed by atoms with Crippen molar-refractivity contribution >= 4 is 28.5 Å². The normalized spacial score (nSPS) is 10.5. The SMILES string of the molecule is COc1ccc(OOC(C)=O)cc1-c1cc(=O)c2cccc(Cl)c2o1. The number of carbonyl (C=O) groups excluding carboxylic acids is 1. The van der Waals surface area contributed by atoms with E-state index in [9.17, 15) is 9.59 Å². The van der Waals surface area contributed by atoms with Crippen LogP contribution >= 0.6 is 11.6 Å². The Bertz CT molecular complexity index is 1010. The molecule has 0 fully saturated rings. The van der Waals surface area contributed by atoms with E-state index >= 15 is 0 Å². The summed E-state index contributed by atoms with van der Waals surface area (Å²) in [4.78, 5) is 32.7. The Morgan fingerprint density at radius 1 is 1.16 bits per heavy atom. The summed E-state index contributed by atoms with van der Waals surface area (Å²) >= 11 is 6.13. The Labute approximate surface area is 147 Å². The Hall–Kier alpha value is -2.99. The second-order valence-corrected chi connectivity index (χ2v) is 5.52. The molecule has 3 aromatic rings. The van der Waals surface area contributed by atoms with Crippen LogP contribution in [0, 0.1) is 0 Å². The molecule has 3 rings (SSSR count). The lowest BCUT2D eigenvalue weighted by Crippen LogP contribution is -2.04. The molecule has 0 N–H and O–H groups in total. The minimum atomic E-state index is -0.596. The van der Waals surface area contributed by atoms with E-state index in [0.717, 1.165) is 0 Å². The molecule has 128 valence electrons. The first-order valence-electron chi connectivity index (χ1n) is 7.25. The van der Waals surface area contributed by atoms with Crippen LogP contribution in [0.25, 0.3) is 22.3 Å². The van der Waals surface area contributed by atoms with Crippen molar-refractivity contribution in [1.82, 2.24) is 0 Å². The maximum Gasteiger partial charge on any atom is 0.352 e. The van der Waals surface area contributed by atoms with Crippen LogP contribution in [-0.4, -0.2) is 13.1 Å². The maximum atomic E-state index is 12.4. The highest BCUT2D eigenvalue weighted by atomic mass is 35.5. The highest BCUT2D eigenvalue weighted by molar-refractivity contribution is 6.34. The first kappa shape index (κ1) is 16.9. The molecule has 1 aromatic heterocycles. The molecule has 0 saturated carbocycles. The third-order valence-corrected chi connectivity index (χ3v) is 3.70. The molecule has 0 aliphatic rings. The van der Waals surface area contributed by atoms with E-state index in [4.69, 9.17) is 25.6 Å². The van der Waals surface area contributed by atoms with Crippen molar-refractivity contribution in [3.63, 3.8) is 0 Å². The lowest BCUT2D eigenvalue weighted by molar-refractivity contribution is -0.210. The Morgan fingerprint density at radius 3 is 2.68 bits per heavy atom. The lowest BCUT2D eigenvalue weighted by Gasteiger charge is -2.11. The topological polar surface area (TPSA) is 75.0 Å². The van der Waals surface area contributed by atoms with Gasteiger partial charge in [0.05, 0.1) is 23.1 Å². The van der Waals surface area contributed by atoms with Crippen LogP contribution in [0.1, 0.15) is 6.92 Å². The molecule has 0 bridgehead atoms. The van der Waals surface area contributed by atoms with Gasteiger partial charge in [0.15, 0.2) is 16.8 Å². The number of hydrogen-bond donors (Lipinski definition) is 0. The molecule has 0 saturated heterocycles. The molecule has 6 nitrogen and oxygen atoms in total. The Balaban J connectivity index is 2.16. The minimum absolute atomic E-state index is 0.243. The second kappa shape index (κ2) is 6.86. The highest BCUT2D eigenvalue weighted by Gasteiger charge is 2.15. The molecule has 25 heavy (non-hydrogen) atoms. The summed E-state index contributed by atoms with van der Waals surface area (Å²) in [6.07, 6.45) is 0. The summed E-state index contributed by atoms with van der Waals surface area (Å²) in [6, 6.07) is 11.0. The van der Waals surface area contributed by atoms with Gasteiger partial charge in [0.2, 0.25) is 0 Å². The van der Waals surface area contributed by atoms with Crippen LogP contribution in [-0.2, 0) is 9.68 Å². The quantitative estimate of drug-likeness (QED) is 0.517. The van der Waals surface area contributed by atoms with Gasteiger partial charge in [-0.25, -0.2) is 4.79 Å². The number of hydrogen-bond acceptors (Lipinski definition) is 6. The van der Waals surface area contributed by atoms with Gasteiger partial charge in [-0.3, -0.25) is 14.6 Å². The van der Waals surface area contributed by atoms with Gasteiger partial charge in [0.1, 0.15) is 11.5 Å².